The highest BCUT2D eigenvalue weighted by Crippen LogP contribution is 2.16. The summed E-state index contributed by atoms with van der Waals surface area (Å²) in [5.41, 5.74) is 0.0753. The van der Waals surface area contributed by atoms with Crippen LogP contribution in [0.15, 0.2) is 36.4 Å². The third-order valence-corrected chi connectivity index (χ3v) is 2.73. The van der Waals surface area contributed by atoms with Crippen LogP contribution in [0.25, 0.3) is 0 Å². The van der Waals surface area contributed by atoms with E-state index in [0.717, 1.165) is 0 Å². The number of carbonyl (C=O) groups excluding carboxylic acids is 1. The van der Waals surface area contributed by atoms with Crippen LogP contribution in [0, 0.1) is 0 Å². The van der Waals surface area contributed by atoms with E-state index in [1.165, 1.54) is 6.07 Å². The lowest BCUT2D eigenvalue weighted by Crippen LogP contribution is -2.13. The zero-order valence-electron chi connectivity index (χ0n) is 10.3. The number of esters is 1. The summed E-state index contributed by atoms with van der Waals surface area (Å²) in [7, 11) is 0. The Kier molecular flexibility index (Phi) is 5.15. The lowest BCUT2D eigenvalue weighted by atomic mass is 10.3. The minimum Gasteiger partial charge on any atom is -0.490 e. The van der Waals surface area contributed by atoms with Crippen molar-refractivity contribution in [3.63, 3.8) is 0 Å². The summed E-state index contributed by atoms with van der Waals surface area (Å²) < 4.78 is 10.4. The molecule has 1 aromatic carbocycles. The molecule has 0 amide bonds. The lowest BCUT2D eigenvalue weighted by molar-refractivity contribution is 0.0450. The fraction of sp³-hybridized carbons (Fsp3) is 0.154. The van der Waals surface area contributed by atoms with Crippen molar-refractivity contribution in [3.05, 3.63) is 52.3 Å². The lowest BCUT2D eigenvalue weighted by Gasteiger charge is -2.07. The van der Waals surface area contributed by atoms with Crippen LogP contribution in [0.2, 0.25) is 10.3 Å². The molecule has 0 atom stereocenters. The monoisotopic (exact) mass is 312 g/mol. The second kappa shape index (κ2) is 7.07. The first-order chi connectivity index (χ1) is 9.66. The van der Waals surface area contributed by atoms with Crippen LogP contribution in [0.5, 0.6) is 5.75 Å². The van der Waals surface area contributed by atoms with Crippen LogP contribution >= 0.6 is 23.2 Å². The van der Waals surface area contributed by atoms with Gasteiger partial charge in [0.2, 0.25) is 0 Å². The zero-order valence-corrected chi connectivity index (χ0v) is 11.8. The van der Waals surface area contributed by atoms with E-state index < -0.39 is 5.97 Å². The number of halogens is 2. The highest BCUT2D eigenvalue weighted by molar-refractivity contribution is 6.33. The predicted molar refractivity (Wildman–Crippen MR) is 74.3 cm³/mol. The van der Waals surface area contributed by atoms with Crippen LogP contribution < -0.4 is 4.74 Å². The number of hydrogen-bond acceptors (Lipinski definition) is 5. The molecule has 0 saturated carbocycles. The summed E-state index contributed by atoms with van der Waals surface area (Å²) in [5, 5.41) is 7.05. The number of ether oxygens (including phenoxy) is 2. The van der Waals surface area contributed by atoms with E-state index in [2.05, 4.69) is 10.2 Å². The Labute approximate surface area is 125 Å². The fourth-order valence-corrected chi connectivity index (χ4v) is 1.70. The summed E-state index contributed by atoms with van der Waals surface area (Å²) in [5.74, 6) is 0.0821. The Balaban J connectivity index is 1.82. The van der Waals surface area contributed by atoms with Crippen LogP contribution in [0.3, 0.4) is 0 Å². The summed E-state index contributed by atoms with van der Waals surface area (Å²) in [6.45, 7) is 0.323. The Morgan fingerprint density at radius 3 is 2.60 bits per heavy atom. The van der Waals surface area contributed by atoms with Crippen molar-refractivity contribution in [2.75, 3.05) is 13.2 Å². The van der Waals surface area contributed by atoms with Crippen molar-refractivity contribution >= 4 is 29.2 Å². The second-order valence-corrected chi connectivity index (χ2v) is 4.41. The van der Waals surface area contributed by atoms with Gasteiger partial charge in [-0.1, -0.05) is 41.4 Å². The average Bonchev–Trinajstić information content (AvgIpc) is 2.47. The van der Waals surface area contributed by atoms with Crippen molar-refractivity contribution in [1.82, 2.24) is 10.2 Å². The predicted octanol–water partition coefficient (Wildman–Crippen LogP) is 3.02. The number of rotatable bonds is 5. The largest absolute Gasteiger partial charge is 0.490 e. The Bertz CT molecular complexity index is 593. The SMILES string of the molecule is O=C(OCCOc1ccccc1)c1cc(Cl)nnc1Cl. The molecule has 104 valence electrons. The van der Waals surface area contributed by atoms with Crippen molar-refractivity contribution in [2.45, 2.75) is 0 Å². The molecule has 0 bridgehead atoms. The first-order valence-electron chi connectivity index (χ1n) is 5.70. The third-order valence-electron chi connectivity index (χ3n) is 2.27. The van der Waals surface area contributed by atoms with Gasteiger partial charge in [-0.2, -0.15) is 0 Å². The molecule has 2 rings (SSSR count). The van der Waals surface area contributed by atoms with Gasteiger partial charge in [0.15, 0.2) is 10.3 Å². The van der Waals surface area contributed by atoms with E-state index >= 15 is 0 Å². The molecule has 2 aromatic rings. The highest BCUT2D eigenvalue weighted by Gasteiger charge is 2.14. The molecule has 0 radical (unpaired) electrons. The standard InChI is InChI=1S/C13H10Cl2N2O3/c14-11-8-10(12(15)17-16-11)13(18)20-7-6-19-9-4-2-1-3-5-9/h1-5,8H,6-7H2. The summed E-state index contributed by atoms with van der Waals surface area (Å²) in [6.07, 6.45) is 0. The third kappa shape index (κ3) is 4.08. The van der Waals surface area contributed by atoms with Crippen molar-refractivity contribution < 1.29 is 14.3 Å². The van der Waals surface area contributed by atoms with Crippen molar-refractivity contribution in [2.24, 2.45) is 0 Å². The smallest absolute Gasteiger partial charge is 0.341 e. The topological polar surface area (TPSA) is 61.3 Å². The van der Waals surface area contributed by atoms with Crippen LogP contribution in [0.4, 0.5) is 0 Å². The molecule has 0 fully saturated rings. The van der Waals surface area contributed by atoms with E-state index in [9.17, 15) is 4.79 Å². The minimum atomic E-state index is -0.622. The summed E-state index contributed by atoms with van der Waals surface area (Å²) in [4.78, 5) is 11.7. The van der Waals surface area contributed by atoms with Gasteiger partial charge >= 0.3 is 5.97 Å². The van der Waals surface area contributed by atoms with E-state index in [1.807, 2.05) is 30.3 Å². The number of para-hydroxylation sites is 1. The first-order valence-corrected chi connectivity index (χ1v) is 6.46. The molecule has 0 aliphatic carbocycles. The minimum absolute atomic E-state index is 0.0524. The van der Waals surface area contributed by atoms with E-state index in [0.29, 0.717) is 5.75 Å². The molecule has 1 aromatic heterocycles. The van der Waals surface area contributed by atoms with Crippen LogP contribution in [0.1, 0.15) is 10.4 Å². The molecular formula is C13H10Cl2N2O3. The van der Waals surface area contributed by atoms with Gasteiger partial charge in [-0.05, 0) is 18.2 Å². The highest BCUT2D eigenvalue weighted by atomic mass is 35.5. The Morgan fingerprint density at radius 1 is 1.10 bits per heavy atom. The normalized spacial score (nSPS) is 10.1. The summed E-state index contributed by atoms with van der Waals surface area (Å²) >= 11 is 11.4. The maximum absolute atomic E-state index is 11.7. The number of carbonyl (C=O) groups is 1. The molecule has 0 aliphatic rings. The Morgan fingerprint density at radius 2 is 1.85 bits per heavy atom. The maximum atomic E-state index is 11.7. The van der Waals surface area contributed by atoms with Gasteiger partial charge in [-0.25, -0.2) is 4.79 Å². The molecular weight excluding hydrogens is 303 g/mol. The van der Waals surface area contributed by atoms with E-state index in [4.69, 9.17) is 32.7 Å². The molecule has 0 unspecified atom stereocenters. The number of benzene rings is 1. The molecule has 7 heteroatoms. The van der Waals surface area contributed by atoms with Crippen LogP contribution in [-0.4, -0.2) is 29.4 Å². The van der Waals surface area contributed by atoms with Crippen molar-refractivity contribution in [3.8, 4) is 5.75 Å². The molecule has 5 nitrogen and oxygen atoms in total. The van der Waals surface area contributed by atoms with Gasteiger partial charge in [-0.15, -0.1) is 10.2 Å². The molecule has 0 saturated heterocycles. The second-order valence-electron chi connectivity index (χ2n) is 3.67. The average molecular weight is 313 g/mol. The molecule has 1 heterocycles. The number of nitrogens with zero attached hydrogens (tertiary/aromatic N) is 2. The molecule has 0 spiro atoms. The molecule has 0 aliphatic heterocycles. The van der Waals surface area contributed by atoms with Gasteiger partial charge in [0.1, 0.15) is 24.5 Å². The van der Waals surface area contributed by atoms with E-state index in [-0.39, 0.29) is 29.1 Å². The number of hydrogen-bond donors (Lipinski definition) is 0. The van der Waals surface area contributed by atoms with Gasteiger partial charge in [-0.3, -0.25) is 0 Å². The zero-order chi connectivity index (χ0) is 14.4. The van der Waals surface area contributed by atoms with Crippen molar-refractivity contribution in [1.29, 1.82) is 0 Å². The van der Waals surface area contributed by atoms with Crippen LogP contribution in [-0.2, 0) is 4.74 Å². The maximum Gasteiger partial charge on any atom is 0.341 e. The first kappa shape index (κ1) is 14.6. The quantitative estimate of drug-likeness (QED) is 0.627. The summed E-state index contributed by atoms with van der Waals surface area (Å²) in [6, 6.07) is 10.5. The fourth-order valence-electron chi connectivity index (χ4n) is 1.38. The number of aromatic nitrogens is 2. The molecule has 20 heavy (non-hydrogen) atoms. The van der Waals surface area contributed by atoms with Gasteiger partial charge in [0.05, 0.1) is 0 Å². The van der Waals surface area contributed by atoms with Gasteiger partial charge < -0.3 is 9.47 Å². The Hall–Kier alpha value is -1.85. The van der Waals surface area contributed by atoms with Gasteiger partial charge in [0, 0.05) is 0 Å². The molecule has 0 N–H and O–H groups in total. The van der Waals surface area contributed by atoms with Gasteiger partial charge in [0.25, 0.3) is 0 Å². The van der Waals surface area contributed by atoms with E-state index in [1.54, 1.807) is 0 Å².